The van der Waals surface area contributed by atoms with Crippen molar-refractivity contribution in [1.82, 2.24) is 4.90 Å². The molecule has 210 valence electrons. The Morgan fingerprint density at radius 3 is 2.28 bits per heavy atom. The molecule has 4 nitrogen and oxygen atoms in total. The number of aryl methyl sites for hydroxylation is 1. The molecule has 8 heteroatoms. The van der Waals surface area contributed by atoms with Gasteiger partial charge in [-0.3, -0.25) is 9.59 Å². The summed E-state index contributed by atoms with van der Waals surface area (Å²) in [5.74, 6) is -1.19. The molecule has 1 amide bonds. The van der Waals surface area contributed by atoms with Crippen molar-refractivity contribution in [3.8, 4) is 0 Å². The average Bonchev–Trinajstić information content (AvgIpc) is 3.27. The molecule has 3 atom stereocenters. The van der Waals surface area contributed by atoms with Gasteiger partial charge >= 0.3 is 12.1 Å². The molecule has 2 aromatic rings. The van der Waals surface area contributed by atoms with Crippen LogP contribution in [0.2, 0.25) is 0 Å². The van der Waals surface area contributed by atoms with E-state index in [1.165, 1.54) is 12.1 Å². The lowest BCUT2D eigenvalue weighted by atomic mass is 9.63. The number of rotatable bonds is 5. The van der Waals surface area contributed by atoms with E-state index in [-0.39, 0.29) is 11.9 Å². The Bertz CT molecular complexity index is 1250. The minimum Gasteiger partial charge on any atom is -0.481 e. The van der Waals surface area contributed by atoms with Crippen LogP contribution in [0.5, 0.6) is 0 Å². The molecule has 1 N–H and O–H groups in total. The van der Waals surface area contributed by atoms with E-state index in [0.29, 0.717) is 64.8 Å². The maximum absolute atomic E-state index is 14.9. The molecule has 1 aliphatic heterocycles. The van der Waals surface area contributed by atoms with Gasteiger partial charge in [0.1, 0.15) is 0 Å². The van der Waals surface area contributed by atoms with Crippen LogP contribution in [-0.2, 0) is 33.5 Å². The van der Waals surface area contributed by atoms with Crippen molar-refractivity contribution in [2.45, 2.75) is 88.5 Å². The second kappa shape index (κ2) is 9.63. The van der Waals surface area contributed by atoms with Gasteiger partial charge in [0.25, 0.3) is 0 Å². The summed E-state index contributed by atoms with van der Waals surface area (Å²) >= 11 is 0. The monoisotopic (exact) mass is 545 g/mol. The van der Waals surface area contributed by atoms with E-state index >= 15 is 0 Å². The van der Waals surface area contributed by atoms with Crippen LogP contribution in [-0.4, -0.2) is 40.6 Å². The maximum atomic E-state index is 14.9. The van der Waals surface area contributed by atoms with Crippen molar-refractivity contribution in [1.29, 1.82) is 0 Å². The van der Waals surface area contributed by atoms with Crippen molar-refractivity contribution < 1.29 is 32.3 Å². The molecule has 0 radical (unpaired) electrons. The number of aliphatic carboxylic acids is 1. The normalized spacial score (nSPS) is 30.3. The molecule has 1 saturated heterocycles. The fraction of sp³-hybridized carbons (Fsp3) is 0.548. The van der Waals surface area contributed by atoms with E-state index in [4.69, 9.17) is 0 Å². The number of carbonyl (C=O) groups excluding carboxylic acids is 1. The highest BCUT2D eigenvalue weighted by atomic mass is 19.4. The largest absolute Gasteiger partial charge is 0.481 e. The lowest BCUT2D eigenvalue weighted by Gasteiger charge is -2.46. The summed E-state index contributed by atoms with van der Waals surface area (Å²) < 4.78 is 55.4. The van der Waals surface area contributed by atoms with Crippen LogP contribution in [0.4, 0.5) is 17.6 Å². The Hall–Kier alpha value is -2.90. The molecule has 2 aliphatic carbocycles. The Morgan fingerprint density at radius 2 is 1.67 bits per heavy atom. The van der Waals surface area contributed by atoms with Crippen LogP contribution in [0.1, 0.15) is 74.6 Å². The second-order valence-corrected chi connectivity index (χ2v) is 12.2. The van der Waals surface area contributed by atoms with Gasteiger partial charge in [0.15, 0.2) is 0 Å². The number of carboxylic acid groups (broad SMARTS) is 1. The van der Waals surface area contributed by atoms with E-state index < -0.39 is 40.1 Å². The molecule has 2 aromatic carbocycles. The summed E-state index contributed by atoms with van der Waals surface area (Å²) in [5, 5.41) is 9.41. The van der Waals surface area contributed by atoms with Crippen LogP contribution < -0.4 is 0 Å². The molecule has 2 fully saturated rings. The van der Waals surface area contributed by atoms with Gasteiger partial charge in [0.2, 0.25) is 11.6 Å². The molecule has 1 heterocycles. The van der Waals surface area contributed by atoms with E-state index in [2.05, 4.69) is 0 Å². The molecular formula is C31H35F4NO3. The Labute approximate surface area is 226 Å². The minimum atomic E-state index is -5.02. The number of carboxylic acids is 1. The summed E-state index contributed by atoms with van der Waals surface area (Å²) in [6.45, 7) is 3.03. The first-order chi connectivity index (χ1) is 18.3. The number of alkyl halides is 4. The lowest BCUT2D eigenvalue weighted by Crippen LogP contribution is -2.53. The highest BCUT2D eigenvalue weighted by Gasteiger charge is 2.57. The number of carbonyl (C=O) groups is 2. The van der Waals surface area contributed by atoms with Gasteiger partial charge in [0, 0.05) is 23.4 Å². The summed E-state index contributed by atoms with van der Waals surface area (Å²) in [5.41, 5.74) is -2.28. The minimum absolute atomic E-state index is 0.0414. The summed E-state index contributed by atoms with van der Waals surface area (Å²) in [6.07, 6.45) is -0.725. The Balaban J connectivity index is 1.51. The molecule has 1 unspecified atom stereocenters. The van der Waals surface area contributed by atoms with Gasteiger partial charge in [0.05, 0.1) is 5.92 Å². The lowest BCUT2D eigenvalue weighted by molar-refractivity contribution is -0.228. The van der Waals surface area contributed by atoms with Gasteiger partial charge in [-0.25, -0.2) is 4.39 Å². The molecule has 5 rings (SSSR count). The first-order valence-electron chi connectivity index (χ1n) is 13.8. The number of nitrogens with zero attached hydrogens (tertiary/aromatic N) is 1. The van der Waals surface area contributed by atoms with Crippen molar-refractivity contribution in [2.75, 3.05) is 6.54 Å². The SMILES string of the molecule is CC1(C(=O)N2CC[C@@]3(Cc4ccccc4)c4ccc(C(C)(F)C(F)(F)F)cc4CC[C@@H]23)CCC(C(=O)O)CC1. The smallest absolute Gasteiger partial charge is 0.426 e. The first kappa shape index (κ1) is 27.7. The van der Waals surface area contributed by atoms with Crippen molar-refractivity contribution >= 4 is 11.9 Å². The van der Waals surface area contributed by atoms with E-state index in [0.717, 1.165) is 16.7 Å². The zero-order chi connectivity index (χ0) is 28.2. The molecular weight excluding hydrogens is 510 g/mol. The number of hydrogen-bond acceptors (Lipinski definition) is 2. The van der Waals surface area contributed by atoms with Crippen LogP contribution >= 0.6 is 0 Å². The van der Waals surface area contributed by atoms with Crippen LogP contribution in [0.3, 0.4) is 0 Å². The first-order valence-corrected chi connectivity index (χ1v) is 13.8. The van der Waals surface area contributed by atoms with E-state index in [9.17, 15) is 32.3 Å². The second-order valence-electron chi connectivity index (χ2n) is 12.2. The Morgan fingerprint density at radius 1 is 1.00 bits per heavy atom. The Kier molecular flexibility index (Phi) is 6.83. The number of benzene rings is 2. The van der Waals surface area contributed by atoms with Crippen LogP contribution in [0.15, 0.2) is 48.5 Å². The zero-order valence-electron chi connectivity index (χ0n) is 22.4. The van der Waals surface area contributed by atoms with Crippen LogP contribution in [0, 0.1) is 11.3 Å². The highest BCUT2D eigenvalue weighted by molar-refractivity contribution is 5.84. The number of fused-ring (bicyclic) bond motifs is 3. The fourth-order valence-corrected chi connectivity index (χ4v) is 7.29. The van der Waals surface area contributed by atoms with Gasteiger partial charge < -0.3 is 10.0 Å². The number of likely N-dealkylation sites (tertiary alicyclic amines) is 1. The molecule has 3 aliphatic rings. The van der Waals surface area contributed by atoms with Gasteiger partial charge in [-0.05, 0) is 80.5 Å². The van der Waals surface area contributed by atoms with Crippen LogP contribution in [0.25, 0.3) is 0 Å². The molecule has 0 aromatic heterocycles. The summed E-state index contributed by atoms with van der Waals surface area (Å²) in [6, 6.07) is 14.0. The summed E-state index contributed by atoms with van der Waals surface area (Å²) in [7, 11) is 0. The van der Waals surface area contributed by atoms with Gasteiger partial charge in [-0.1, -0.05) is 55.5 Å². The third kappa shape index (κ3) is 4.63. The van der Waals surface area contributed by atoms with Gasteiger partial charge in [-0.15, -0.1) is 0 Å². The zero-order valence-corrected chi connectivity index (χ0v) is 22.4. The third-order valence-electron chi connectivity index (χ3n) is 9.79. The maximum Gasteiger partial charge on any atom is 0.426 e. The fourth-order valence-electron chi connectivity index (χ4n) is 7.29. The van der Waals surface area contributed by atoms with E-state index in [1.54, 1.807) is 6.07 Å². The third-order valence-corrected chi connectivity index (χ3v) is 9.79. The molecule has 0 spiro atoms. The highest BCUT2D eigenvalue weighted by Crippen LogP contribution is 2.52. The molecule has 0 bridgehead atoms. The topological polar surface area (TPSA) is 57.6 Å². The number of halogens is 4. The van der Waals surface area contributed by atoms with Gasteiger partial charge in [-0.2, -0.15) is 13.2 Å². The molecule has 39 heavy (non-hydrogen) atoms. The van der Waals surface area contributed by atoms with Crippen molar-refractivity contribution in [3.05, 3.63) is 70.8 Å². The van der Waals surface area contributed by atoms with Crippen molar-refractivity contribution in [2.24, 2.45) is 11.3 Å². The summed E-state index contributed by atoms with van der Waals surface area (Å²) in [4.78, 5) is 27.5. The number of amides is 1. The predicted molar refractivity (Wildman–Crippen MR) is 139 cm³/mol. The predicted octanol–water partition coefficient (Wildman–Crippen LogP) is 6.74. The quantitative estimate of drug-likeness (QED) is 0.424. The van der Waals surface area contributed by atoms with E-state index in [1.807, 2.05) is 42.2 Å². The number of hydrogen-bond donors (Lipinski definition) is 1. The average molecular weight is 546 g/mol. The molecule has 1 saturated carbocycles. The van der Waals surface area contributed by atoms with Crippen molar-refractivity contribution in [3.63, 3.8) is 0 Å². The standard InChI is InChI=1S/C31H35F4NO3/c1-28(14-12-21(13-15-28)26(37)38)27(39)36-17-16-30(19-20-6-4-3-5-7-20)24-10-9-23(29(2,32)31(33,34)35)18-22(24)8-11-25(30)36/h3-7,9-10,18,21,25H,8,11-17,19H2,1-2H3,(H,37,38)/t21?,25-,28?,29?,30-/m1/s1.